The number of amides is 1. The molecule has 144 valence electrons. The van der Waals surface area contributed by atoms with Gasteiger partial charge >= 0.3 is 5.97 Å². The number of thiazole rings is 1. The van der Waals surface area contributed by atoms with E-state index in [2.05, 4.69) is 4.98 Å². The van der Waals surface area contributed by atoms with Gasteiger partial charge in [0.05, 0.1) is 38.9 Å². The topological polar surface area (TPSA) is 79.7 Å². The second kappa shape index (κ2) is 7.40. The number of carboxylic acids is 1. The molecule has 6 nitrogen and oxygen atoms in total. The molecule has 1 aromatic heterocycles. The summed E-state index contributed by atoms with van der Waals surface area (Å²) >= 11 is 19.6. The minimum atomic E-state index is -1.13. The van der Waals surface area contributed by atoms with Crippen molar-refractivity contribution in [2.45, 2.75) is 19.1 Å². The molecule has 0 saturated heterocycles. The Hall–Kier alpha value is -2.06. The normalized spacial score (nSPS) is 16.2. The maximum Gasteiger partial charge on any atom is 0.307 e. The molecule has 0 spiro atoms. The lowest BCUT2D eigenvalue weighted by atomic mass is 10.1. The van der Waals surface area contributed by atoms with Crippen LogP contribution in [0.3, 0.4) is 0 Å². The van der Waals surface area contributed by atoms with E-state index in [1.54, 1.807) is 30.3 Å². The molecule has 1 aliphatic heterocycles. The molecule has 1 aliphatic rings. The van der Waals surface area contributed by atoms with Gasteiger partial charge in [0.2, 0.25) is 0 Å². The summed E-state index contributed by atoms with van der Waals surface area (Å²) in [6.45, 7) is 0.139. The van der Waals surface area contributed by atoms with Crippen molar-refractivity contribution in [1.29, 1.82) is 0 Å². The van der Waals surface area contributed by atoms with Crippen LogP contribution in [0.25, 0.3) is 10.2 Å². The van der Waals surface area contributed by atoms with Gasteiger partial charge in [-0.05, 0) is 30.3 Å². The highest BCUT2D eigenvalue weighted by Crippen LogP contribution is 2.39. The van der Waals surface area contributed by atoms with Gasteiger partial charge in [-0.15, -0.1) is 11.3 Å². The summed E-state index contributed by atoms with van der Waals surface area (Å²) in [5, 5.41) is 11.0. The molecule has 1 atom stereocenters. The van der Waals surface area contributed by atoms with Crippen molar-refractivity contribution in [3.8, 4) is 5.75 Å². The van der Waals surface area contributed by atoms with E-state index in [0.717, 1.165) is 4.70 Å². The minimum Gasteiger partial charge on any atom is -0.481 e. The first-order valence-electron chi connectivity index (χ1n) is 8.05. The zero-order valence-electron chi connectivity index (χ0n) is 14.0. The van der Waals surface area contributed by atoms with Crippen molar-refractivity contribution in [3.63, 3.8) is 0 Å². The smallest absolute Gasteiger partial charge is 0.307 e. The molecule has 1 amide bonds. The van der Waals surface area contributed by atoms with E-state index in [4.69, 9.17) is 44.6 Å². The number of hydrogen-bond donors (Lipinski definition) is 1. The molecule has 4 rings (SSSR count). The lowest BCUT2D eigenvalue weighted by molar-refractivity contribution is -0.142. The number of carbonyl (C=O) groups is 2. The molecular formula is C18H11Cl3N2O4S. The fourth-order valence-corrected chi connectivity index (χ4v) is 4.45. The largest absolute Gasteiger partial charge is 0.481 e. The third-order valence-electron chi connectivity index (χ3n) is 4.15. The molecule has 2 heterocycles. The van der Waals surface area contributed by atoms with Crippen molar-refractivity contribution < 1.29 is 19.4 Å². The third kappa shape index (κ3) is 3.63. The highest BCUT2D eigenvalue weighted by atomic mass is 35.5. The Morgan fingerprint density at radius 3 is 2.71 bits per heavy atom. The average molecular weight is 458 g/mol. The highest BCUT2D eigenvalue weighted by molar-refractivity contribution is 7.18. The number of benzene rings is 2. The maximum absolute atomic E-state index is 12.9. The molecule has 28 heavy (non-hydrogen) atoms. The molecule has 1 N–H and O–H groups in total. The fraction of sp³-hybridized carbons (Fsp3) is 0.167. The summed E-state index contributed by atoms with van der Waals surface area (Å²) in [6, 6.07) is 8.22. The van der Waals surface area contributed by atoms with Crippen LogP contribution in [-0.2, 0) is 16.1 Å². The van der Waals surface area contributed by atoms with Crippen LogP contribution in [-0.4, -0.2) is 28.1 Å². The van der Waals surface area contributed by atoms with Crippen molar-refractivity contribution in [3.05, 3.63) is 50.4 Å². The Labute approximate surface area is 178 Å². The fourth-order valence-electron chi connectivity index (χ4n) is 2.92. The first kappa shape index (κ1) is 19.3. The van der Waals surface area contributed by atoms with E-state index in [0.29, 0.717) is 37.0 Å². The number of halogens is 3. The Balaban J connectivity index is 1.73. The third-order valence-corrected chi connectivity index (χ3v) is 6.11. The molecule has 0 fully saturated rings. The summed E-state index contributed by atoms with van der Waals surface area (Å²) < 4.78 is 6.42. The Bertz CT molecular complexity index is 1080. The molecule has 10 heteroatoms. The number of aromatic nitrogens is 1. The van der Waals surface area contributed by atoms with E-state index in [1.165, 1.54) is 16.2 Å². The molecule has 2 aromatic carbocycles. The predicted octanol–water partition coefficient (Wildman–Crippen LogP) is 5.03. The SMILES string of the molecule is O=C(O)CC1Oc2ccc(Cl)cc2N(Cc2nc3cc(Cl)c(Cl)cc3s2)C1=O. The van der Waals surface area contributed by atoms with E-state index in [9.17, 15) is 9.59 Å². The molecule has 0 radical (unpaired) electrons. The number of carboxylic acid groups (broad SMARTS) is 1. The van der Waals surface area contributed by atoms with Crippen LogP contribution in [0.15, 0.2) is 30.3 Å². The van der Waals surface area contributed by atoms with Gasteiger partial charge < -0.3 is 9.84 Å². The van der Waals surface area contributed by atoms with Crippen LogP contribution in [0, 0.1) is 0 Å². The van der Waals surface area contributed by atoms with Gasteiger partial charge in [0.25, 0.3) is 5.91 Å². The van der Waals surface area contributed by atoms with Crippen LogP contribution >= 0.6 is 46.1 Å². The Morgan fingerprint density at radius 1 is 1.21 bits per heavy atom. The number of ether oxygens (including phenoxy) is 1. The Morgan fingerprint density at radius 2 is 1.96 bits per heavy atom. The van der Waals surface area contributed by atoms with E-state index < -0.39 is 24.4 Å². The number of nitrogens with zero attached hydrogens (tertiary/aromatic N) is 2. The van der Waals surface area contributed by atoms with Crippen molar-refractivity contribution in [2.24, 2.45) is 0 Å². The molecule has 0 saturated carbocycles. The van der Waals surface area contributed by atoms with Crippen LogP contribution in [0.5, 0.6) is 5.75 Å². The van der Waals surface area contributed by atoms with Crippen LogP contribution in [0.2, 0.25) is 15.1 Å². The quantitative estimate of drug-likeness (QED) is 0.595. The lowest BCUT2D eigenvalue weighted by Crippen LogP contribution is -2.46. The molecule has 0 bridgehead atoms. The van der Waals surface area contributed by atoms with E-state index in [-0.39, 0.29) is 6.54 Å². The van der Waals surface area contributed by atoms with Crippen molar-refractivity contribution in [2.75, 3.05) is 4.90 Å². The average Bonchev–Trinajstić information content (AvgIpc) is 3.00. The monoisotopic (exact) mass is 456 g/mol. The van der Waals surface area contributed by atoms with Gasteiger partial charge in [-0.25, -0.2) is 4.98 Å². The summed E-state index contributed by atoms with van der Waals surface area (Å²) in [7, 11) is 0. The van der Waals surface area contributed by atoms with Gasteiger partial charge in [0.1, 0.15) is 10.8 Å². The maximum atomic E-state index is 12.9. The number of rotatable bonds is 4. The zero-order chi connectivity index (χ0) is 20.0. The van der Waals surface area contributed by atoms with Gasteiger partial charge in [-0.1, -0.05) is 34.8 Å². The first-order valence-corrected chi connectivity index (χ1v) is 10.0. The summed E-state index contributed by atoms with van der Waals surface area (Å²) in [4.78, 5) is 30.0. The number of aliphatic carboxylic acids is 1. The summed E-state index contributed by atoms with van der Waals surface area (Å²) in [6.07, 6.45) is -1.56. The van der Waals surface area contributed by atoms with Crippen LogP contribution < -0.4 is 9.64 Å². The van der Waals surface area contributed by atoms with Gasteiger partial charge in [0, 0.05) is 5.02 Å². The van der Waals surface area contributed by atoms with E-state index in [1.807, 2.05) is 0 Å². The predicted molar refractivity (Wildman–Crippen MR) is 109 cm³/mol. The van der Waals surface area contributed by atoms with Gasteiger partial charge in [-0.3, -0.25) is 14.5 Å². The second-order valence-corrected chi connectivity index (χ2v) is 8.45. The summed E-state index contributed by atoms with van der Waals surface area (Å²) in [5.41, 5.74) is 1.14. The lowest BCUT2D eigenvalue weighted by Gasteiger charge is -2.33. The second-order valence-electron chi connectivity index (χ2n) is 6.08. The summed E-state index contributed by atoms with van der Waals surface area (Å²) in [5.74, 6) is -1.20. The Kier molecular flexibility index (Phi) is 5.09. The standard InChI is InChI=1S/C18H11Cl3N2O4S/c19-8-1-2-13-12(3-8)23(18(26)14(27-13)6-17(24)25)7-16-22-11-4-9(20)10(21)5-15(11)28-16/h1-5,14H,6-7H2,(H,24,25). The number of carbonyl (C=O) groups excluding carboxylic acids is 1. The van der Waals surface area contributed by atoms with E-state index >= 15 is 0 Å². The highest BCUT2D eigenvalue weighted by Gasteiger charge is 2.36. The van der Waals surface area contributed by atoms with Crippen LogP contribution in [0.4, 0.5) is 5.69 Å². The zero-order valence-corrected chi connectivity index (χ0v) is 17.1. The molecule has 1 unspecified atom stereocenters. The van der Waals surface area contributed by atoms with Crippen molar-refractivity contribution in [1.82, 2.24) is 4.98 Å². The minimum absolute atomic E-state index is 0.139. The van der Waals surface area contributed by atoms with Gasteiger partial charge in [0.15, 0.2) is 6.10 Å². The van der Waals surface area contributed by atoms with Gasteiger partial charge in [-0.2, -0.15) is 0 Å². The molecular weight excluding hydrogens is 447 g/mol. The number of anilines is 1. The first-order chi connectivity index (χ1) is 13.3. The number of hydrogen-bond acceptors (Lipinski definition) is 5. The van der Waals surface area contributed by atoms with Crippen LogP contribution in [0.1, 0.15) is 11.4 Å². The number of fused-ring (bicyclic) bond motifs is 2. The van der Waals surface area contributed by atoms with Crippen molar-refractivity contribution >= 4 is 73.9 Å². The molecule has 0 aliphatic carbocycles. The molecule has 3 aromatic rings.